The van der Waals surface area contributed by atoms with Crippen LogP contribution in [0, 0.1) is 0 Å². The molecule has 9 atom stereocenters. The molecule has 11 nitrogen and oxygen atoms in total. The molecule has 0 saturated carbocycles. The first-order valence-corrected chi connectivity index (χ1v) is 27.6. The molecule has 1 heterocycles. The minimum Gasteiger partial charge on any atom is -0.394 e. The number of allylic oxidation sites excluding steroid dienone is 2. The first-order chi connectivity index (χ1) is 31.7. The van der Waals surface area contributed by atoms with Crippen LogP contribution in [0.3, 0.4) is 0 Å². The van der Waals surface area contributed by atoms with Gasteiger partial charge < -0.3 is 50.5 Å². The van der Waals surface area contributed by atoms with Crippen molar-refractivity contribution in [3.05, 3.63) is 12.2 Å². The van der Waals surface area contributed by atoms with E-state index in [1.807, 2.05) is 0 Å². The van der Waals surface area contributed by atoms with Crippen molar-refractivity contribution in [3.8, 4) is 0 Å². The summed E-state index contributed by atoms with van der Waals surface area (Å²) in [6, 6.07) is -1.18. The highest BCUT2D eigenvalue weighted by Crippen LogP contribution is 2.23. The standard InChI is InChI=1S/C54H105NO10/c1-3-5-7-9-11-13-15-17-19-21-22-23-24-26-27-29-31-33-35-37-39-41-46(57)49(59)45(44-64-54-52(62)51(61)50(60)48(43-56)65-54)55-53(63)47(58)42-40-38-36-34-32-30-28-25-20-18-16-14-12-10-8-6-4-2/h33,35,45-52,54,56-62H,3-32,34,36-44H2,1-2H3,(H,55,63)/b35-33+. The van der Waals surface area contributed by atoms with Crippen molar-refractivity contribution in [2.24, 2.45) is 0 Å². The topological polar surface area (TPSA) is 189 Å². The van der Waals surface area contributed by atoms with E-state index in [4.69, 9.17) is 9.47 Å². The first-order valence-electron chi connectivity index (χ1n) is 27.6. The second kappa shape index (κ2) is 44.1. The summed E-state index contributed by atoms with van der Waals surface area (Å²) < 4.78 is 11.1. The highest BCUT2D eigenvalue weighted by molar-refractivity contribution is 5.80. The fourth-order valence-corrected chi connectivity index (χ4v) is 9.03. The molecule has 0 bridgehead atoms. The second-order valence-corrected chi connectivity index (χ2v) is 19.7. The Hall–Kier alpha value is -1.15. The van der Waals surface area contributed by atoms with E-state index in [-0.39, 0.29) is 12.8 Å². The number of aliphatic hydroxyl groups excluding tert-OH is 7. The van der Waals surface area contributed by atoms with Crippen molar-refractivity contribution < 1.29 is 50.0 Å². The predicted octanol–water partition coefficient (Wildman–Crippen LogP) is 10.8. The molecule has 1 amide bonds. The van der Waals surface area contributed by atoms with Crippen LogP contribution in [0.5, 0.6) is 0 Å². The Kier molecular flexibility index (Phi) is 42.0. The number of aliphatic hydroxyl groups is 7. The number of unbranched alkanes of at least 4 members (excludes halogenated alkanes) is 33. The zero-order chi connectivity index (χ0) is 47.6. The molecule has 0 spiro atoms. The highest BCUT2D eigenvalue weighted by Gasteiger charge is 2.44. The van der Waals surface area contributed by atoms with Gasteiger partial charge in [0.05, 0.1) is 25.4 Å². The van der Waals surface area contributed by atoms with Crippen molar-refractivity contribution in [3.63, 3.8) is 0 Å². The lowest BCUT2D eigenvalue weighted by molar-refractivity contribution is -0.303. The van der Waals surface area contributed by atoms with Gasteiger partial charge in [0.2, 0.25) is 5.91 Å². The number of carbonyl (C=O) groups excluding carboxylic acids is 1. The summed E-state index contributed by atoms with van der Waals surface area (Å²) in [7, 11) is 0. The number of carbonyl (C=O) groups is 1. The summed E-state index contributed by atoms with van der Waals surface area (Å²) in [5.41, 5.74) is 0. The largest absolute Gasteiger partial charge is 0.394 e. The van der Waals surface area contributed by atoms with E-state index < -0.39 is 74.2 Å². The molecule has 1 aliphatic heterocycles. The third-order valence-corrected chi connectivity index (χ3v) is 13.6. The monoisotopic (exact) mass is 928 g/mol. The Morgan fingerprint density at radius 1 is 0.523 bits per heavy atom. The molecule has 386 valence electrons. The molecule has 0 aliphatic carbocycles. The summed E-state index contributed by atoms with van der Waals surface area (Å²) in [4.78, 5) is 13.1. The van der Waals surface area contributed by atoms with Gasteiger partial charge in [-0.15, -0.1) is 0 Å². The number of rotatable bonds is 47. The molecule has 0 aromatic rings. The molecule has 1 saturated heterocycles. The molecule has 65 heavy (non-hydrogen) atoms. The lowest BCUT2D eigenvalue weighted by atomic mass is 9.98. The average molecular weight is 928 g/mol. The number of hydrogen-bond acceptors (Lipinski definition) is 10. The van der Waals surface area contributed by atoms with E-state index >= 15 is 0 Å². The SMILES string of the molecule is CCCCCCCCCCCCCCCCCC/C=C/CCCC(O)C(O)C(COC1OC(CO)C(O)C(O)C1O)NC(=O)C(O)CCCCCCCCCCCCCCCCCCC. The summed E-state index contributed by atoms with van der Waals surface area (Å²) >= 11 is 0. The number of ether oxygens (including phenoxy) is 2. The highest BCUT2D eigenvalue weighted by atomic mass is 16.7. The van der Waals surface area contributed by atoms with Gasteiger partial charge in [0.1, 0.15) is 36.6 Å². The Bertz CT molecular complexity index is 1060. The Morgan fingerprint density at radius 2 is 0.908 bits per heavy atom. The summed E-state index contributed by atoms with van der Waals surface area (Å²) in [5, 5.41) is 76.0. The first kappa shape index (κ1) is 61.9. The minimum absolute atomic E-state index is 0.259. The zero-order valence-corrected chi connectivity index (χ0v) is 42.0. The van der Waals surface area contributed by atoms with E-state index in [1.165, 1.54) is 180 Å². The van der Waals surface area contributed by atoms with E-state index in [0.717, 1.165) is 38.5 Å². The third-order valence-electron chi connectivity index (χ3n) is 13.6. The van der Waals surface area contributed by atoms with Crippen molar-refractivity contribution in [1.82, 2.24) is 5.32 Å². The number of nitrogens with one attached hydrogen (secondary N) is 1. The van der Waals surface area contributed by atoms with Crippen LogP contribution >= 0.6 is 0 Å². The maximum absolute atomic E-state index is 13.1. The average Bonchev–Trinajstić information content (AvgIpc) is 3.31. The smallest absolute Gasteiger partial charge is 0.249 e. The Morgan fingerprint density at radius 3 is 1.32 bits per heavy atom. The van der Waals surface area contributed by atoms with E-state index in [2.05, 4.69) is 31.3 Å². The molecule has 1 fully saturated rings. The van der Waals surface area contributed by atoms with Crippen LogP contribution in [0.25, 0.3) is 0 Å². The van der Waals surface area contributed by atoms with Gasteiger partial charge in [-0.2, -0.15) is 0 Å². The number of hydrogen-bond donors (Lipinski definition) is 8. The second-order valence-electron chi connectivity index (χ2n) is 19.7. The third kappa shape index (κ3) is 33.1. The predicted molar refractivity (Wildman–Crippen MR) is 266 cm³/mol. The molecule has 0 aromatic heterocycles. The lowest BCUT2D eigenvalue weighted by Crippen LogP contribution is -2.60. The molecular formula is C54H105NO10. The molecule has 1 aliphatic rings. The van der Waals surface area contributed by atoms with Gasteiger partial charge in [-0.3, -0.25) is 4.79 Å². The molecule has 1 rings (SSSR count). The molecule has 0 radical (unpaired) electrons. The Balaban J connectivity index is 2.36. The molecule has 11 heteroatoms. The van der Waals surface area contributed by atoms with Gasteiger partial charge in [0, 0.05) is 0 Å². The van der Waals surface area contributed by atoms with Gasteiger partial charge in [0.15, 0.2) is 6.29 Å². The fourth-order valence-electron chi connectivity index (χ4n) is 9.03. The molecule has 9 unspecified atom stereocenters. The molecular weight excluding hydrogens is 823 g/mol. The van der Waals surface area contributed by atoms with Gasteiger partial charge in [-0.25, -0.2) is 0 Å². The van der Waals surface area contributed by atoms with Gasteiger partial charge in [0.25, 0.3) is 0 Å². The van der Waals surface area contributed by atoms with Crippen LogP contribution < -0.4 is 5.32 Å². The quantitative estimate of drug-likeness (QED) is 0.0215. The van der Waals surface area contributed by atoms with Crippen molar-refractivity contribution >= 4 is 5.91 Å². The maximum atomic E-state index is 13.1. The van der Waals surface area contributed by atoms with Crippen LogP contribution in [-0.4, -0.2) is 110 Å². The van der Waals surface area contributed by atoms with Gasteiger partial charge in [-0.1, -0.05) is 231 Å². The van der Waals surface area contributed by atoms with Crippen LogP contribution in [-0.2, 0) is 14.3 Å². The molecule has 8 N–H and O–H groups in total. The maximum Gasteiger partial charge on any atom is 0.249 e. The van der Waals surface area contributed by atoms with Crippen LogP contribution in [0.4, 0.5) is 0 Å². The van der Waals surface area contributed by atoms with Crippen molar-refractivity contribution in [2.45, 2.75) is 313 Å². The Labute approximate surface area is 398 Å². The van der Waals surface area contributed by atoms with Crippen LogP contribution in [0.2, 0.25) is 0 Å². The van der Waals surface area contributed by atoms with E-state index in [1.54, 1.807) is 0 Å². The van der Waals surface area contributed by atoms with E-state index in [0.29, 0.717) is 12.8 Å². The lowest BCUT2D eigenvalue weighted by Gasteiger charge is -2.40. The van der Waals surface area contributed by atoms with E-state index in [9.17, 15) is 40.5 Å². The van der Waals surface area contributed by atoms with Crippen LogP contribution in [0.15, 0.2) is 12.2 Å². The number of amides is 1. The summed E-state index contributed by atoms with van der Waals surface area (Å²) in [6.45, 7) is 3.47. The molecule has 0 aromatic carbocycles. The zero-order valence-electron chi connectivity index (χ0n) is 42.0. The summed E-state index contributed by atoms with van der Waals surface area (Å²) in [6.07, 6.45) is 38.3. The van der Waals surface area contributed by atoms with Gasteiger partial charge >= 0.3 is 0 Å². The van der Waals surface area contributed by atoms with Crippen molar-refractivity contribution in [2.75, 3.05) is 13.2 Å². The van der Waals surface area contributed by atoms with Crippen LogP contribution in [0.1, 0.15) is 258 Å². The minimum atomic E-state index is -1.66. The fraction of sp³-hybridized carbons (Fsp3) is 0.944. The van der Waals surface area contributed by atoms with Crippen molar-refractivity contribution in [1.29, 1.82) is 0 Å². The van der Waals surface area contributed by atoms with Gasteiger partial charge in [-0.05, 0) is 38.5 Å². The normalized spacial score (nSPS) is 20.9. The summed E-state index contributed by atoms with van der Waals surface area (Å²) in [5.74, 6) is -0.702.